The summed E-state index contributed by atoms with van der Waals surface area (Å²) in [4.78, 5) is 26.7. The summed E-state index contributed by atoms with van der Waals surface area (Å²) in [6.07, 6.45) is 0.374. The Morgan fingerprint density at radius 3 is 2.64 bits per heavy atom. The van der Waals surface area contributed by atoms with Gasteiger partial charge < -0.3 is 10.1 Å². The number of aromatic amines is 1. The average Bonchev–Trinajstić information content (AvgIpc) is 2.59. The number of hydrogen-bond acceptors (Lipinski definition) is 5. The first-order valence-corrected chi connectivity index (χ1v) is 8.61. The fourth-order valence-electron chi connectivity index (χ4n) is 3.32. The van der Waals surface area contributed by atoms with Crippen molar-refractivity contribution in [2.24, 2.45) is 0 Å². The van der Waals surface area contributed by atoms with Crippen LogP contribution in [0.5, 0.6) is 0 Å². The molecule has 1 amide bonds. The van der Waals surface area contributed by atoms with Crippen LogP contribution in [0.1, 0.15) is 31.3 Å². The van der Waals surface area contributed by atoms with E-state index in [9.17, 15) is 9.59 Å². The molecule has 2 N–H and O–H groups in total. The van der Waals surface area contributed by atoms with Gasteiger partial charge in [0, 0.05) is 31.1 Å². The van der Waals surface area contributed by atoms with Gasteiger partial charge in [-0.3, -0.25) is 14.5 Å². The van der Waals surface area contributed by atoms with Gasteiger partial charge in [0.25, 0.3) is 11.5 Å². The number of hydrogen-bond donors (Lipinski definition) is 2. The van der Waals surface area contributed by atoms with Gasteiger partial charge in [-0.25, -0.2) is 5.10 Å². The highest BCUT2D eigenvalue weighted by Gasteiger charge is 2.26. The fourth-order valence-corrected chi connectivity index (χ4v) is 3.32. The van der Waals surface area contributed by atoms with Gasteiger partial charge in [-0.2, -0.15) is 5.10 Å². The van der Waals surface area contributed by atoms with Crippen LogP contribution in [0.2, 0.25) is 0 Å². The molecular weight excluding hydrogens is 320 g/mol. The Hall–Kier alpha value is -2.25. The minimum atomic E-state index is -0.295. The van der Waals surface area contributed by atoms with Gasteiger partial charge in [0.1, 0.15) is 0 Å². The topological polar surface area (TPSA) is 87.3 Å². The van der Waals surface area contributed by atoms with Crippen LogP contribution in [0.4, 0.5) is 0 Å². The number of amides is 1. The summed E-state index contributed by atoms with van der Waals surface area (Å²) in [6.45, 7) is 8.41. The lowest BCUT2D eigenvalue weighted by Crippen LogP contribution is -2.52. The molecule has 0 spiro atoms. The normalized spacial score (nSPS) is 22.7. The van der Waals surface area contributed by atoms with E-state index < -0.39 is 0 Å². The van der Waals surface area contributed by atoms with Crippen molar-refractivity contribution in [3.05, 3.63) is 40.3 Å². The van der Waals surface area contributed by atoms with E-state index >= 15 is 0 Å². The molecular formula is C18H24N4O3. The van der Waals surface area contributed by atoms with E-state index in [1.54, 1.807) is 24.3 Å². The van der Waals surface area contributed by atoms with Gasteiger partial charge in [0.05, 0.1) is 17.6 Å². The average molecular weight is 344 g/mol. The SMILES string of the molecule is C[C@@H]1CN([C@@H](C)CNC(=O)c2n[nH]c(=O)c3ccccc23)C[C@H](C)O1. The van der Waals surface area contributed by atoms with Gasteiger partial charge in [-0.1, -0.05) is 18.2 Å². The molecule has 0 bridgehead atoms. The number of ether oxygens (including phenoxy) is 1. The molecule has 1 aromatic carbocycles. The maximum absolute atomic E-state index is 12.5. The maximum Gasteiger partial charge on any atom is 0.272 e. The zero-order valence-corrected chi connectivity index (χ0v) is 14.8. The molecule has 7 nitrogen and oxygen atoms in total. The number of aromatic nitrogens is 2. The summed E-state index contributed by atoms with van der Waals surface area (Å²) in [6, 6.07) is 7.17. The molecule has 0 unspecified atom stereocenters. The first kappa shape index (κ1) is 17.6. The van der Waals surface area contributed by atoms with Crippen LogP contribution >= 0.6 is 0 Å². The van der Waals surface area contributed by atoms with E-state index in [-0.39, 0.29) is 35.4 Å². The second-order valence-corrected chi connectivity index (χ2v) is 6.72. The van der Waals surface area contributed by atoms with E-state index in [4.69, 9.17) is 4.74 Å². The van der Waals surface area contributed by atoms with Crippen LogP contribution in [0.15, 0.2) is 29.1 Å². The van der Waals surface area contributed by atoms with Crippen molar-refractivity contribution in [1.29, 1.82) is 0 Å². The number of rotatable bonds is 4. The number of fused-ring (bicyclic) bond motifs is 1. The van der Waals surface area contributed by atoms with Crippen LogP contribution < -0.4 is 10.9 Å². The third kappa shape index (κ3) is 3.88. The number of carbonyl (C=O) groups is 1. The van der Waals surface area contributed by atoms with Crippen molar-refractivity contribution in [1.82, 2.24) is 20.4 Å². The van der Waals surface area contributed by atoms with Gasteiger partial charge in [-0.15, -0.1) is 0 Å². The van der Waals surface area contributed by atoms with E-state index in [2.05, 4.69) is 41.2 Å². The summed E-state index contributed by atoms with van der Waals surface area (Å²) >= 11 is 0. The predicted octanol–water partition coefficient (Wildman–Crippen LogP) is 1.15. The van der Waals surface area contributed by atoms with Crippen LogP contribution in [0.25, 0.3) is 10.8 Å². The molecule has 1 aromatic heterocycles. The van der Waals surface area contributed by atoms with E-state index in [1.165, 1.54) is 0 Å². The van der Waals surface area contributed by atoms with Crippen molar-refractivity contribution in [2.45, 2.75) is 39.0 Å². The smallest absolute Gasteiger partial charge is 0.272 e. The lowest BCUT2D eigenvalue weighted by Gasteiger charge is -2.38. The lowest BCUT2D eigenvalue weighted by atomic mass is 10.1. The molecule has 0 radical (unpaired) electrons. The maximum atomic E-state index is 12.5. The molecule has 1 aliphatic rings. The van der Waals surface area contributed by atoms with Crippen LogP contribution in [0, 0.1) is 0 Å². The van der Waals surface area contributed by atoms with Crippen LogP contribution in [0.3, 0.4) is 0 Å². The Labute approximate surface area is 146 Å². The monoisotopic (exact) mass is 344 g/mol. The summed E-state index contributed by atoms with van der Waals surface area (Å²) < 4.78 is 5.75. The number of morpholine rings is 1. The Balaban J connectivity index is 1.69. The summed E-state index contributed by atoms with van der Waals surface area (Å²) in [5.74, 6) is -0.284. The van der Waals surface area contributed by atoms with Gasteiger partial charge in [0.2, 0.25) is 0 Å². The molecule has 3 atom stereocenters. The minimum Gasteiger partial charge on any atom is -0.373 e. The van der Waals surface area contributed by atoms with Crippen molar-refractivity contribution in [3.63, 3.8) is 0 Å². The van der Waals surface area contributed by atoms with Crippen molar-refractivity contribution < 1.29 is 9.53 Å². The summed E-state index contributed by atoms with van der Waals surface area (Å²) in [5.41, 5.74) is -0.0528. The second kappa shape index (κ2) is 7.33. The fraction of sp³-hybridized carbons (Fsp3) is 0.500. The van der Waals surface area contributed by atoms with Crippen molar-refractivity contribution >= 4 is 16.7 Å². The Morgan fingerprint density at radius 2 is 1.96 bits per heavy atom. The number of nitrogens with one attached hydrogen (secondary N) is 2. The minimum absolute atomic E-state index is 0.187. The second-order valence-electron chi connectivity index (χ2n) is 6.72. The predicted molar refractivity (Wildman–Crippen MR) is 95.7 cm³/mol. The van der Waals surface area contributed by atoms with E-state index in [1.807, 2.05) is 0 Å². The Bertz CT molecular complexity index is 809. The van der Waals surface area contributed by atoms with E-state index in [0.29, 0.717) is 17.3 Å². The summed E-state index contributed by atoms with van der Waals surface area (Å²) in [5, 5.41) is 10.3. The van der Waals surface area contributed by atoms with E-state index in [0.717, 1.165) is 13.1 Å². The molecule has 7 heteroatoms. The van der Waals surface area contributed by atoms with Crippen molar-refractivity contribution in [3.8, 4) is 0 Å². The van der Waals surface area contributed by atoms with Crippen LogP contribution in [-0.2, 0) is 4.74 Å². The number of benzene rings is 1. The number of carbonyl (C=O) groups excluding carboxylic acids is 1. The Kier molecular flexibility index (Phi) is 5.15. The molecule has 134 valence electrons. The highest BCUT2D eigenvalue weighted by atomic mass is 16.5. The van der Waals surface area contributed by atoms with Crippen LogP contribution in [-0.4, -0.2) is 58.9 Å². The highest BCUT2D eigenvalue weighted by Crippen LogP contribution is 2.14. The summed E-state index contributed by atoms with van der Waals surface area (Å²) in [7, 11) is 0. The Morgan fingerprint density at radius 1 is 1.32 bits per heavy atom. The third-order valence-electron chi connectivity index (χ3n) is 4.54. The van der Waals surface area contributed by atoms with Gasteiger partial charge >= 0.3 is 0 Å². The molecule has 1 saturated heterocycles. The standard InChI is InChI=1S/C18H24N4O3/c1-11(22-9-12(2)25-13(3)10-22)8-19-18(24)16-14-6-4-5-7-15(14)17(23)21-20-16/h4-7,11-13H,8-10H2,1-3H3,(H,19,24)(H,21,23)/t11-,12-,13+/m0/s1. The molecule has 0 saturated carbocycles. The molecule has 0 aliphatic carbocycles. The molecule has 2 aromatic rings. The van der Waals surface area contributed by atoms with Gasteiger partial charge in [-0.05, 0) is 26.8 Å². The largest absolute Gasteiger partial charge is 0.373 e. The molecule has 2 heterocycles. The van der Waals surface area contributed by atoms with Gasteiger partial charge in [0.15, 0.2) is 5.69 Å². The molecule has 1 fully saturated rings. The molecule has 25 heavy (non-hydrogen) atoms. The lowest BCUT2D eigenvalue weighted by molar-refractivity contribution is -0.0778. The first-order valence-electron chi connectivity index (χ1n) is 8.61. The molecule has 1 aliphatic heterocycles. The zero-order valence-electron chi connectivity index (χ0n) is 14.8. The zero-order chi connectivity index (χ0) is 18.0. The number of nitrogens with zero attached hydrogens (tertiary/aromatic N) is 2. The number of H-pyrrole nitrogens is 1. The quantitative estimate of drug-likeness (QED) is 0.869. The highest BCUT2D eigenvalue weighted by molar-refractivity contribution is 6.04. The third-order valence-corrected chi connectivity index (χ3v) is 4.54. The molecule has 3 rings (SSSR count). The van der Waals surface area contributed by atoms with Crippen molar-refractivity contribution in [2.75, 3.05) is 19.6 Å². The first-order chi connectivity index (χ1) is 12.0.